The summed E-state index contributed by atoms with van der Waals surface area (Å²) in [4.78, 5) is 14.5. The van der Waals surface area contributed by atoms with Gasteiger partial charge in [-0.25, -0.2) is 0 Å². The van der Waals surface area contributed by atoms with Gasteiger partial charge in [0, 0.05) is 4.88 Å². The molecule has 1 fully saturated rings. The first-order chi connectivity index (χ1) is 11.1. The first-order valence-corrected chi connectivity index (χ1v) is 9.42. The van der Waals surface area contributed by atoms with Crippen molar-refractivity contribution in [1.29, 1.82) is 0 Å². The Labute approximate surface area is 142 Å². The van der Waals surface area contributed by atoms with Crippen molar-refractivity contribution >= 4 is 17.2 Å². The van der Waals surface area contributed by atoms with Crippen LogP contribution in [0, 0.1) is 5.92 Å². The molecule has 1 aliphatic rings. The standard InChI is InChI=1S/C20H25NOS/c1-15-9-6-7-13-20(15,18-12-8-14-23-18)19(22)21-16(2)17-10-4-3-5-11-17/h3-5,8,10-12,14-16H,6-7,9,13H2,1-2H3,(H,21,22). The Balaban J connectivity index is 1.87. The number of rotatable bonds is 4. The summed E-state index contributed by atoms with van der Waals surface area (Å²) >= 11 is 1.72. The number of hydrogen-bond donors (Lipinski definition) is 1. The maximum Gasteiger partial charge on any atom is 0.232 e. The third-order valence-corrected chi connectivity index (χ3v) is 6.36. The van der Waals surface area contributed by atoms with E-state index in [0.717, 1.165) is 24.8 Å². The van der Waals surface area contributed by atoms with Crippen molar-refractivity contribution in [2.75, 3.05) is 0 Å². The third-order valence-electron chi connectivity index (χ3n) is 5.31. The number of amides is 1. The van der Waals surface area contributed by atoms with Crippen molar-refractivity contribution in [3.05, 3.63) is 58.3 Å². The lowest BCUT2D eigenvalue weighted by atomic mass is 9.65. The topological polar surface area (TPSA) is 29.1 Å². The predicted molar refractivity (Wildman–Crippen MR) is 96.6 cm³/mol. The van der Waals surface area contributed by atoms with Crippen LogP contribution in [0.2, 0.25) is 0 Å². The molecule has 1 aliphatic carbocycles. The molecule has 1 N–H and O–H groups in total. The highest BCUT2D eigenvalue weighted by atomic mass is 32.1. The average Bonchev–Trinajstić information content (AvgIpc) is 3.11. The molecule has 0 radical (unpaired) electrons. The Kier molecular flexibility index (Phi) is 4.86. The Morgan fingerprint density at radius 3 is 2.65 bits per heavy atom. The van der Waals surface area contributed by atoms with E-state index in [-0.39, 0.29) is 17.4 Å². The van der Waals surface area contributed by atoms with E-state index in [1.54, 1.807) is 11.3 Å². The molecule has 2 nitrogen and oxygen atoms in total. The third kappa shape index (κ3) is 3.07. The lowest BCUT2D eigenvalue weighted by Gasteiger charge is -2.41. The predicted octanol–water partition coefficient (Wildman–Crippen LogP) is 5.07. The Morgan fingerprint density at radius 2 is 2.00 bits per heavy atom. The molecule has 1 amide bonds. The van der Waals surface area contributed by atoms with E-state index < -0.39 is 0 Å². The van der Waals surface area contributed by atoms with Gasteiger partial charge in [0.25, 0.3) is 0 Å². The highest BCUT2D eigenvalue weighted by molar-refractivity contribution is 7.10. The molecular formula is C20H25NOS. The highest BCUT2D eigenvalue weighted by Crippen LogP contribution is 2.46. The Bertz CT molecular complexity index is 637. The lowest BCUT2D eigenvalue weighted by Crippen LogP contribution is -2.50. The Hall–Kier alpha value is -1.61. The summed E-state index contributed by atoms with van der Waals surface area (Å²) in [7, 11) is 0. The average molecular weight is 327 g/mol. The zero-order chi connectivity index (χ0) is 16.3. The monoisotopic (exact) mass is 327 g/mol. The number of benzene rings is 1. The van der Waals surface area contributed by atoms with Crippen molar-refractivity contribution < 1.29 is 4.79 Å². The van der Waals surface area contributed by atoms with Crippen LogP contribution in [0.4, 0.5) is 0 Å². The van der Waals surface area contributed by atoms with Crippen LogP contribution in [0.5, 0.6) is 0 Å². The van der Waals surface area contributed by atoms with Crippen molar-refractivity contribution in [1.82, 2.24) is 5.32 Å². The fourth-order valence-electron chi connectivity index (χ4n) is 3.85. The van der Waals surface area contributed by atoms with Crippen LogP contribution >= 0.6 is 11.3 Å². The summed E-state index contributed by atoms with van der Waals surface area (Å²) in [5.41, 5.74) is 0.806. The van der Waals surface area contributed by atoms with E-state index >= 15 is 0 Å². The number of thiophene rings is 1. The van der Waals surface area contributed by atoms with Crippen molar-refractivity contribution in [3.63, 3.8) is 0 Å². The van der Waals surface area contributed by atoms with Gasteiger partial charge in [0.2, 0.25) is 5.91 Å². The fraction of sp³-hybridized carbons (Fsp3) is 0.450. The van der Waals surface area contributed by atoms with Crippen molar-refractivity contribution in [2.45, 2.75) is 51.0 Å². The Morgan fingerprint density at radius 1 is 1.22 bits per heavy atom. The first-order valence-electron chi connectivity index (χ1n) is 8.54. The van der Waals surface area contributed by atoms with E-state index in [4.69, 9.17) is 0 Å². The van der Waals surface area contributed by atoms with Gasteiger partial charge in [-0.1, -0.05) is 56.2 Å². The van der Waals surface area contributed by atoms with Crippen LogP contribution in [0.3, 0.4) is 0 Å². The van der Waals surface area contributed by atoms with Crippen LogP contribution in [-0.4, -0.2) is 5.91 Å². The molecule has 1 aromatic heterocycles. The summed E-state index contributed by atoms with van der Waals surface area (Å²) in [6.07, 6.45) is 4.46. The van der Waals surface area contributed by atoms with E-state index in [9.17, 15) is 4.79 Å². The molecule has 1 aromatic carbocycles. The summed E-state index contributed by atoms with van der Waals surface area (Å²) in [6, 6.07) is 14.5. The van der Waals surface area contributed by atoms with E-state index in [0.29, 0.717) is 5.92 Å². The van der Waals surface area contributed by atoms with Gasteiger partial charge in [-0.05, 0) is 42.7 Å². The second-order valence-electron chi connectivity index (χ2n) is 6.70. The minimum atomic E-state index is -0.352. The second kappa shape index (κ2) is 6.88. The summed E-state index contributed by atoms with van der Waals surface area (Å²) in [5.74, 6) is 0.585. The smallest absolute Gasteiger partial charge is 0.232 e. The molecule has 3 unspecified atom stereocenters. The van der Waals surface area contributed by atoms with Crippen LogP contribution < -0.4 is 5.32 Å². The molecule has 1 saturated carbocycles. The lowest BCUT2D eigenvalue weighted by molar-refractivity contribution is -0.130. The normalized spacial score (nSPS) is 25.7. The second-order valence-corrected chi connectivity index (χ2v) is 7.65. The quantitative estimate of drug-likeness (QED) is 0.834. The molecule has 0 spiro atoms. The van der Waals surface area contributed by atoms with Crippen LogP contribution in [0.15, 0.2) is 47.8 Å². The summed E-state index contributed by atoms with van der Waals surface area (Å²) in [6.45, 7) is 4.31. The van der Waals surface area contributed by atoms with Gasteiger partial charge in [0.05, 0.1) is 11.5 Å². The van der Waals surface area contributed by atoms with Gasteiger partial charge in [-0.3, -0.25) is 4.79 Å². The first kappa shape index (κ1) is 16.3. The van der Waals surface area contributed by atoms with Crippen LogP contribution in [0.25, 0.3) is 0 Å². The SMILES string of the molecule is CC(NC(=O)C1(c2cccs2)CCCCC1C)c1ccccc1. The molecule has 1 heterocycles. The number of hydrogen-bond acceptors (Lipinski definition) is 2. The molecule has 2 aromatic rings. The van der Waals surface area contributed by atoms with Crippen LogP contribution in [0.1, 0.15) is 56.0 Å². The molecule has 122 valence electrons. The van der Waals surface area contributed by atoms with E-state index in [1.165, 1.54) is 11.3 Å². The van der Waals surface area contributed by atoms with Gasteiger partial charge in [0.15, 0.2) is 0 Å². The van der Waals surface area contributed by atoms with Gasteiger partial charge in [0.1, 0.15) is 0 Å². The zero-order valence-corrected chi connectivity index (χ0v) is 14.7. The van der Waals surface area contributed by atoms with Gasteiger partial charge < -0.3 is 5.32 Å². The van der Waals surface area contributed by atoms with Crippen LogP contribution in [-0.2, 0) is 10.2 Å². The van der Waals surface area contributed by atoms with Crippen molar-refractivity contribution in [3.8, 4) is 0 Å². The minimum Gasteiger partial charge on any atom is -0.349 e. The number of nitrogens with one attached hydrogen (secondary N) is 1. The largest absolute Gasteiger partial charge is 0.349 e. The molecule has 3 rings (SSSR count). The fourth-order valence-corrected chi connectivity index (χ4v) is 4.91. The number of carbonyl (C=O) groups is 1. The summed E-state index contributed by atoms with van der Waals surface area (Å²) < 4.78 is 0. The molecule has 0 bridgehead atoms. The molecule has 3 atom stereocenters. The zero-order valence-electron chi connectivity index (χ0n) is 13.9. The number of carbonyl (C=O) groups excluding carboxylic acids is 1. The molecule has 0 aliphatic heterocycles. The van der Waals surface area contributed by atoms with Gasteiger partial charge in [-0.15, -0.1) is 11.3 Å². The van der Waals surface area contributed by atoms with Gasteiger partial charge in [-0.2, -0.15) is 0 Å². The van der Waals surface area contributed by atoms with Crippen molar-refractivity contribution in [2.24, 2.45) is 5.92 Å². The van der Waals surface area contributed by atoms with E-state index in [1.807, 2.05) is 18.2 Å². The van der Waals surface area contributed by atoms with Gasteiger partial charge >= 0.3 is 0 Å². The maximum atomic E-state index is 13.3. The summed E-state index contributed by atoms with van der Waals surface area (Å²) in [5, 5.41) is 5.38. The highest BCUT2D eigenvalue weighted by Gasteiger charge is 2.47. The molecular weight excluding hydrogens is 302 g/mol. The minimum absolute atomic E-state index is 0.0367. The molecule has 3 heteroatoms. The molecule has 23 heavy (non-hydrogen) atoms. The maximum absolute atomic E-state index is 13.3. The molecule has 0 saturated heterocycles. The van der Waals surface area contributed by atoms with E-state index in [2.05, 4.69) is 48.8 Å².